The van der Waals surface area contributed by atoms with Gasteiger partial charge in [-0.25, -0.2) is 4.79 Å². The lowest BCUT2D eigenvalue weighted by Gasteiger charge is -2.29. The van der Waals surface area contributed by atoms with Crippen LogP contribution >= 0.6 is 32.3 Å². The number of imide groups is 1. The number of amides is 3. The molecule has 0 bridgehead atoms. The van der Waals surface area contributed by atoms with Crippen LogP contribution < -0.4 is 0 Å². The average molecular weight is 286 g/mol. The number of urea groups is 1. The maximum Gasteiger partial charge on any atom is 0.347 e. The highest BCUT2D eigenvalue weighted by Crippen LogP contribution is 2.20. The van der Waals surface area contributed by atoms with Crippen LogP contribution in [-0.2, 0) is 4.79 Å². The van der Waals surface area contributed by atoms with Crippen molar-refractivity contribution in [2.24, 2.45) is 5.92 Å². The normalized spacial score (nSPS) is 26.3. The molecule has 3 amide bonds. The minimum atomic E-state index is -0.381. The van der Waals surface area contributed by atoms with Gasteiger partial charge in [-0.15, -0.1) is 0 Å². The van der Waals surface area contributed by atoms with Crippen molar-refractivity contribution in [3.05, 3.63) is 0 Å². The van der Waals surface area contributed by atoms with Crippen LogP contribution in [0.3, 0.4) is 0 Å². The summed E-state index contributed by atoms with van der Waals surface area (Å²) in [7, 11) is 0. The highest BCUT2D eigenvalue weighted by atomic mass is 79.9. The van der Waals surface area contributed by atoms with Crippen molar-refractivity contribution in [2.45, 2.75) is 6.92 Å². The highest BCUT2D eigenvalue weighted by Gasteiger charge is 2.34. The summed E-state index contributed by atoms with van der Waals surface area (Å²) in [6, 6.07) is -0.381. The molecule has 0 radical (unpaired) electrons. The zero-order chi connectivity index (χ0) is 8.59. The van der Waals surface area contributed by atoms with Gasteiger partial charge >= 0.3 is 6.03 Å². The first kappa shape index (κ1) is 8.99. The Labute approximate surface area is 81.2 Å². The standard InChI is InChI=1S/C5H6Br2N2O2/c1-3-2-8(6)5(11)9(7)4(3)10/h3H,2H2,1H3/t3-/m0/s1. The molecule has 4 nitrogen and oxygen atoms in total. The summed E-state index contributed by atoms with van der Waals surface area (Å²) in [5.74, 6) is -0.364. The topological polar surface area (TPSA) is 40.6 Å². The van der Waals surface area contributed by atoms with Gasteiger partial charge in [0.2, 0.25) is 5.91 Å². The van der Waals surface area contributed by atoms with Crippen LogP contribution in [0.15, 0.2) is 0 Å². The average Bonchev–Trinajstić information content (AvgIpc) is 1.97. The predicted octanol–water partition coefficient (Wildman–Crippen LogP) is 1.51. The highest BCUT2D eigenvalue weighted by molar-refractivity contribution is 9.08. The van der Waals surface area contributed by atoms with Crippen LogP contribution in [0.4, 0.5) is 4.79 Å². The van der Waals surface area contributed by atoms with Crippen LogP contribution in [0.2, 0.25) is 0 Å². The molecule has 0 saturated carbocycles. The van der Waals surface area contributed by atoms with E-state index in [1.807, 2.05) is 0 Å². The Kier molecular flexibility index (Phi) is 2.54. The lowest BCUT2D eigenvalue weighted by atomic mass is 10.1. The minimum Gasteiger partial charge on any atom is -0.273 e. The van der Waals surface area contributed by atoms with Crippen LogP contribution in [0, 0.1) is 5.92 Å². The first-order valence-corrected chi connectivity index (χ1v) is 4.43. The van der Waals surface area contributed by atoms with E-state index in [1.54, 1.807) is 6.92 Å². The van der Waals surface area contributed by atoms with Crippen LogP contribution in [0.5, 0.6) is 0 Å². The summed E-state index contributed by atoms with van der Waals surface area (Å²) in [5, 5.41) is 0. The molecule has 1 fully saturated rings. The monoisotopic (exact) mass is 284 g/mol. The first-order valence-electron chi connectivity index (χ1n) is 3.01. The molecule has 0 aromatic carbocycles. The van der Waals surface area contributed by atoms with Crippen molar-refractivity contribution in [3.63, 3.8) is 0 Å². The number of nitrogens with zero attached hydrogens (tertiary/aromatic N) is 2. The largest absolute Gasteiger partial charge is 0.347 e. The van der Waals surface area contributed by atoms with E-state index < -0.39 is 0 Å². The van der Waals surface area contributed by atoms with E-state index in [0.29, 0.717) is 6.54 Å². The maximum absolute atomic E-state index is 11.1. The Morgan fingerprint density at radius 2 is 2.00 bits per heavy atom. The van der Waals surface area contributed by atoms with E-state index >= 15 is 0 Å². The molecule has 1 atom stereocenters. The van der Waals surface area contributed by atoms with Gasteiger partial charge in [0.05, 0.1) is 38.2 Å². The van der Waals surface area contributed by atoms with Crippen LogP contribution in [-0.4, -0.2) is 26.3 Å². The van der Waals surface area contributed by atoms with Crippen molar-refractivity contribution in [3.8, 4) is 0 Å². The summed E-state index contributed by atoms with van der Waals surface area (Å²) in [5.41, 5.74) is 0. The quantitative estimate of drug-likeness (QED) is 0.633. The van der Waals surface area contributed by atoms with Gasteiger partial charge in [0.25, 0.3) is 0 Å². The smallest absolute Gasteiger partial charge is 0.273 e. The zero-order valence-corrected chi connectivity index (χ0v) is 8.92. The van der Waals surface area contributed by atoms with Crippen molar-refractivity contribution >= 4 is 44.2 Å². The fourth-order valence-electron chi connectivity index (χ4n) is 0.780. The number of carbonyl (C=O) groups is 2. The van der Waals surface area contributed by atoms with Crippen molar-refractivity contribution in [1.29, 1.82) is 0 Å². The Hall–Kier alpha value is -0.100. The van der Waals surface area contributed by atoms with E-state index in [2.05, 4.69) is 32.3 Å². The number of rotatable bonds is 0. The first-order chi connectivity index (χ1) is 5.04. The molecule has 62 valence electrons. The molecule has 0 spiro atoms. The van der Waals surface area contributed by atoms with Gasteiger partial charge in [-0.2, -0.15) is 3.93 Å². The SMILES string of the molecule is C[C@H]1CN(Br)C(=O)N(Br)C1=O. The van der Waals surface area contributed by atoms with Crippen molar-refractivity contribution in [1.82, 2.24) is 7.85 Å². The van der Waals surface area contributed by atoms with Gasteiger partial charge in [0, 0.05) is 6.54 Å². The number of hydrogen-bond acceptors (Lipinski definition) is 2. The van der Waals surface area contributed by atoms with E-state index in [0.717, 1.165) is 3.93 Å². The number of carbonyl (C=O) groups excluding carboxylic acids is 2. The second-order valence-electron chi connectivity index (χ2n) is 2.35. The third kappa shape index (κ3) is 1.56. The van der Waals surface area contributed by atoms with E-state index in [-0.39, 0.29) is 17.9 Å². The fourth-order valence-corrected chi connectivity index (χ4v) is 2.13. The fraction of sp³-hybridized carbons (Fsp3) is 0.600. The Balaban J connectivity index is 2.79. The summed E-state index contributed by atoms with van der Waals surface area (Å²) < 4.78 is 2.24. The minimum absolute atomic E-state index is 0.161. The molecule has 0 aliphatic carbocycles. The predicted molar refractivity (Wildman–Crippen MR) is 46.0 cm³/mol. The van der Waals surface area contributed by atoms with E-state index in [9.17, 15) is 9.59 Å². The maximum atomic E-state index is 11.1. The van der Waals surface area contributed by atoms with Crippen LogP contribution in [0.25, 0.3) is 0 Å². The summed E-state index contributed by atoms with van der Waals surface area (Å²) in [4.78, 5) is 22.1. The molecule has 1 aliphatic heterocycles. The Bertz CT molecular complexity index is 189. The van der Waals surface area contributed by atoms with Crippen LogP contribution in [0.1, 0.15) is 6.92 Å². The molecular formula is C5H6Br2N2O2. The zero-order valence-electron chi connectivity index (χ0n) is 5.75. The summed E-state index contributed by atoms with van der Waals surface area (Å²) in [6.45, 7) is 2.18. The van der Waals surface area contributed by atoms with Gasteiger partial charge in [-0.1, -0.05) is 6.92 Å². The molecule has 6 heteroatoms. The molecule has 1 aliphatic rings. The third-order valence-electron chi connectivity index (χ3n) is 1.42. The Morgan fingerprint density at radius 1 is 1.45 bits per heavy atom. The lowest BCUT2D eigenvalue weighted by molar-refractivity contribution is -0.129. The van der Waals surface area contributed by atoms with Gasteiger partial charge in [0.15, 0.2) is 0 Å². The van der Waals surface area contributed by atoms with Gasteiger partial charge in [0.1, 0.15) is 0 Å². The second kappa shape index (κ2) is 3.10. The van der Waals surface area contributed by atoms with E-state index in [4.69, 9.17) is 0 Å². The summed E-state index contributed by atoms with van der Waals surface area (Å²) >= 11 is 5.88. The molecular weight excluding hydrogens is 280 g/mol. The molecule has 0 aromatic heterocycles. The van der Waals surface area contributed by atoms with Gasteiger partial charge in [-0.05, 0) is 0 Å². The molecule has 1 heterocycles. The molecule has 1 saturated heterocycles. The van der Waals surface area contributed by atoms with Crippen molar-refractivity contribution in [2.75, 3.05) is 6.54 Å². The molecule has 0 N–H and O–H groups in total. The Morgan fingerprint density at radius 3 is 2.55 bits per heavy atom. The second-order valence-corrected chi connectivity index (χ2v) is 3.91. The molecule has 0 unspecified atom stereocenters. The number of halogens is 2. The van der Waals surface area contributed by atoms with E-state index in [1.165, 1.54) is 3.93 Å². The third-order valence-corrected chi connectivity index (χ3v) is 2.67. The van der Waals surface area contributed by atoms with Crippen molar-refractivity contribution < 1.29 is 9.59 Å². The number of hydrogen-bond donors (Lipinski definition) is 0. The van der Waals surface area contributed by atoms with Gasteiger partial charge in [-0.3, -0.25) is 8.72 Å². The van der Waals surface area contributed by atoms with Gasteiger partial charge < -0.3 is 0 Å². The molecule has 1 rings (SSSR count). The molecule has 0 aromatic rings. The lowest BCUT2D eigenvalue weighted by Crippen LogP contribution is -2.47. The summed E-state index contributed by atoms with van der Waals surface area (Å²) in [6.07, 6.45) is 0. The molecule has 11 heavy (non-hydrogen) atoms.